The third-order valence-corrected chi connectivity index (χ3v) is 4.46. The van der Waals surface area contributed by atoms with E-state index in [1.54, 1.807) is 22.9 Å². The molecule has 152 valence electrons. The molecule has 0 spiro atoms. The fraction of sp³-hybridized carbons (Fsp3) is 0.364. The number of nitrogens with zero attached hydrogens (tertiary/aromatic N) is 4. The molecule has 0 saturated heterocycles. The van der Waals surface area contributed by atoms with Crippen LogP contribution in [0.4, 0.5) is 4.39 Å². The van der Waals surface area contributed by atoms with Gasteiger partial charge in [-0.05, 0) is 43.7 Å². The Kier molecular flexibility index (Phi) is 5.77. The number of nitrogens with one attached hydrogen (secondary N) is 1. The molecule has 0 unspecified atom stereocenters. The highest BCUT2D eigenvalue weighted by Crippen LogP contribution is 2.22. The number of benzene rings is 1. The standard InChI is InChI=1S/C22H26FN5O/c1-14-10-15(2)26-20(25-14)12-24-21(29)18-11-19(22(3,4)5)27-28(18)13-16-6-8-17(23)9-7-16/h6-11H,12-13H2,1-5H3,(H,24,29). The van der Waals surface area contributed by atoms with Gasteiger partial charge in [-0.2, -0.15) is 5.10 Å². The van der Waals surface area contributed by atoms with Gasteiger partial charge in [0.25, 0.3) is 5.91 Å². The normalized spacial score (nSPS) is 11.5. The predicted molar refractivity (Wildman–Crippen MR) is 109 cm³/mol. The van der Waals surface area contributed by atoms with E-state index >= 15 is 0 Å². The molecule has 0 saturated carbocycles. The average Bonchev–Trinajstić information content (AvgIpc) is 3.05. The molecule has 3 aromatic rings. The van der Waals surface area contributed by atoms with E-state index in [9.17, 15) is 9.18 Å². The largest absolute Gasteiger partial charge is 0.343 e. The Morgan fingerprint density at radius 1 is 1.07 bits per heavy atom. The first-order valence-electron chi connectivity index (χ1n) is 9.54. The second-order valence-electron chi connectivity index (χ2n) is 8.20. The maximum absolute atomic E-state index is 13.2. The van der Waals surface area contributed by atoms with E-state index in [4.69, 9.17) is 0 Å². The Bertz CT molecular complexity index is 998. The summed E-state index contributed by atoms with van der Waals surface area (Å²) in [4.78, 5) is 21.6. The first kappa shape index (κ1) is 20.6. The van der Waals surface area contributed by atoms with Crippen LogP contribution in [0.15, 0.2) is 36.4 Å². The fourth-order valence-electron chi connectivity index (χ4n) is 2.98. The number of aromatic nitrogens is 4. The Hall–Kier alpha value is -3.09. The number of hydrogen-bond acceptors (Lipinski definition) is 4. The van der Waals surface area contributed by atoms with Crippen LogP contribution < -0.4 is 5.32 Å². The van der Waals surface area contributed by atoms with Crippen molar-refractivity contribution < 1.29 is 9.18 Å². The van der Waals surface area contributed by atoms with Crippen molar-refractivity contribution in [3.05, 3.63) is 76.4 Å². The maximum atomic E-state index is 13.2. The number of aryl methyl sites for hydroxylation is 2. The van der Waals surface area contributed by atoms with Gasteiger partial charge < -0.3 is 5.32 Å². The molecule has 7 heteroatoms. The molecule has 0 radical (unpaired) electrons. The van der Waals surface area contributed by atoms with E-state index in [0.717, 1.165) is 22.6 Å². The molecule has 1 amide bonds. The summed E-state index contributed by atoms with van der Waals surface area (Å²) in [6.07, 6.45) is 0. The minimum Gasteiger partial charge on any atom is -0.343 e. The van der Waals surface area contributed by atoms with Crippen molar-refractivity contribution >= 4 is 5.91 Å². The first-order chi connectivity index (χ1) is 13.6. The van der Waals surface area contributed by atoms with Gasteiger partial charge in [0.15, 0.2) is 0 Å². The van der Waals surface area contributed by atoms with Crippen LogP contribution in [-0.4, -0.2) is 25.7 Å². The molecule has 1 N–H and O–H groups in total. The number of rotatable bonds is 5. The minimum absolute atomic E-state index is 0.208. The second kappa shape index (κ2) is 8.11. The summed E-state index contributed by atoms with van der Waals surface area (Å²) in [5, 5.41) is 7.52. The van der Waals surface area contributed by atoms with Crippen LogP contribution in [0, 0.1) is 19.7 Å². The minimum atomic E-state index is -0.295. The Morgan fingerprint density at radius 2 is 1.69 bits per heavy atom. The zero-order valence-corrected chi connectivity index (χ0v) is 17.5. The van der Waals surface area contributed by atoms with Crippen LogP contribution in [0.3, 0.4) is 0 Å². The highest BCUT2D eigenvalue weighted by Gasteiger charge is 2.23. The topological polar surface area (TPSA) is 72.7 Å². The molecule has 0 aliphatic carbocycles. The number of carbonyl (C=O) groups excluding carboxylic acids is 1. The van der Waals surface area contributed by atoms with Crippen LogP contribution in [0.2, 0.25) is 0 Å². The van der Waals surface area contributed by atoms with Gasteiger partial charge in [0, 0.05) is 16.8 Å². The molecule has 1 aromatic carbocycles. The smallest absolute Gasteiger partial charge is 0.269 e. The summed E-state index contributed by atoms with van der Waals surface area (Å²) in [6, 6.07) is 9.89. The molecule has 2 heterocycles. The van der Waals surface area contributed by atoms with Crippen LogP contribution in [0.5, 0.6) is 0 Å². The molecule has 29 heavy (non-hydrogen) atoms. The lowest BCUT2D eigenvalue weighted by molar-refractivity contribution is 0.0939. The van der Waals surface area contributed by atoms with Crippen molar-refractivity contribution in [3.63, 3.8) is 0 Å². The summed E-state index contributed by atoms with van der Waals surface area (Å²) in [6.45, 7) is 10.5. The molecule has 2 aromatic heterocycles. The lowest BCUT2D eigenvalue weighted by Crippen LogP contribution is -2.27. The average molecular weight is 395 g/mol. The van der Waals surface area contributed by atoms with Gasteiger partial charge in [0.05, 0.1) is 18.8 Å². The molecule has 6 nitrogen and oxygen atoms in total. The van der Waals surface area contributed by atoms with Crippen LogP contribution in [-0.2, 0) is 18.5 Å². The summed E-state index contributed by atoms with van der Waals surface area (Å²) in [5.41, 5.74) is 3.63. The van der Waals surface area contributed by atoms with Crippen LogP contribution in [0.1, 0.15) is 59.7 Å². The number of amides is 1. The third-order valence-electron chi connectivity index (χ3n) is 4.46. The Morgan fingerprint density at radius 3 is 2.28 bits per heavy atom. The number of halogens is 1. The Balaban J connectivity index is 1.84. The summed E-state index contributed by atoms with van der Waals surface area (Å²) in [5.74, 6) is 0.0189. The van der Waals surface area contributed by atoms with E-state index in [1.807, 2.05) is 40.7 Å². The highest BCUT2D eigenvalue weighted by atomic mass is 19.1. The molecule has 0 bridgehead atoms. The zero-order valence-electron chi connectivity index (χ0n) is 17.5. The summed E-state index contributed by atoms with van der Waals surface area (Å²) in [7, 11) is 0. The molecule has 0 aliphatic heterocycles. The van der Waals surface area contributed by atoms with E-state index in [0.29, 0.717) is 18.1 Å². The molecule has 3 rings (SSSR count). The van der Waals surface area contributed by atoms with E-state index in [2.05, 4.69) is 20.4 Å². The predicted octanol–water partition coefficient (Wildman–Crippen LogP) is 3.70. The van der Waals surface area contributed by atoms with Crippen LogP contribution in [0.25, 0.3) is 0 Å². The van der Waals surface area contributed by atoms with Gasteiger partial charge >= 0.3 is 0 Å². The number of carbonyl (C=O) groups is 1. The second-order valence-corrected chi connectivity index (χ2v) is 8.20. The quantitative estimate of drug-likeness (QED) is 0.715. The van der Waals surface area contributed by atoms with Gasteiger partial charge in [-0.1, -0.05) is 32.9 Å². The highest BCUT2D eigenvalue weighted by molar-refractivity contribution is 5.92. The molecular weight excluding hydrogens is 369 g/mol. The fourth-order valence-corrected chi connectivity index (χ4v) is 2.98. The van der Waals surface area contributed by atoms with E-state index in [1.165, 1.54) is 12.1 Å². The maximum Gasteiger partial charge on any atom is 0.269 e. The summed E-state index contributed by atoms with van der Waals surface area (Å²) >= 11 is 0. The monoisotopic (exact) mass is 395 g/mol. The number of hydrogen-bond donors (Lipinski definition) is 1. The van der Waals surface area contributed by atoms with Crippen molar-refractivity contribution in [2.24, 2.45) is 0 Å². The molecule has 0 fully saturated rings. The molecular formula is C22H26FN5O. The van der Waals surface area contributed by atoms with Gasteiger partial charge in [-0.3, -0.25) is 9.48 Å². The van der Waals surface area contributed by atoms with E-state index < -0.39 is 0 Å². The lowest BCUT2D eigenvalue weighted by Gasteiger charge is -2.14. The van der Waals surface area contributed by atoms with Crippen LogP contribution >= 0.6 is 0 Å². The SMILES string of the molecule is Cc1cc(C)nc(CNC(=O)c2cc(C(C)(C)C)nn2Cc2ccc(F)cc2)n1. The summed E-state index contributed by atoms with van der Waals surface area (Å²) < 4.78 is 14.9. The lowest BCUT2D eigenvalue weighted by atomic mass is 9.92. The molecule has 0 atom stereocenters. The van der Waals surface area contributed by atoms with Crippen molar-refractivity contribution in [3.8, 4) is 0 Å². The van der Waals surface area contributed by atoms with E-state index in [-0.39, 0.29) is 23.7 Å². The van der Waals surface area contributed by atoms with Crippen molar-refractivity contribution in [2.45, 2.75) is 53.1 Å². The van der Waals surface area contributed by atoms with Gasteiger partial charge in [-0.25, -0.2) is 14.4 Å². The Labute approximate surface area is 170 Å². The van der Waals surface area contributed by atoms with Crippen molar-refractivity contribution in [1.29, 1.82) is 0 Å². The molecule has 0 aliphatic rings. The zero-order chi connectivity index (χ0) is 21.2. The van der Waals surface area contributed by atoms with Gasteiger partial charge in [-0.15, -0.1) is 0 Å². The van der Waals surface area contributed by atoms with Crippen molar-refractivity contribution in [2.75, 3.05) is 0 Å². The van der Waals surface area contributed by atoms with Crippen molar-refractivity contribution in [1.82, 2.24) is 25.1 Å². The van der Waals surface area contributed by atoms with Gasteiger partial charge in [0.2, 0.25) is 0 Å². The van der Waals surface area contributed by atoms with Gasteiger partial charge in [0.1, 0.15) is 17.3 Å². The first-order valence-corrected chi connectivity index (χ1v) is 9.54. The third kappa shape index (κ3) is 5.25.